The van der Waals surface area contributed by atoms with Crippen LogP contribution in [0.25, 0.3) is 0 Å². The maximum absolute atomic E-state index is 9.43. The van der Waals surface area contributed by atoms with E-state index in [-0.39, 0.29) is 18.7 Å². The first-order valence-electron chi connectivity index (χ1n) is 6.22. The van der Waals surface area contributed by atoms with Crippen LogP contribution < -0.4 is 10.6 Å². The van der Waals surface area contributed by atoms with Crippen molar-refractivity contribution in [3.8, 4) is 0 Å². The normalized spacial score (nSPS) is 26.2. The van der Waals surface area contributed by atoms with Crippen molar-refractivity contribution in [2.75, 3.05) is 18.1 Å². The molecule has 0 spiro atoms. The van der Waals surface area contributed by atoms with E-state index in [0.717, 1.165) is 24.3 Å². The maximum Gasteiger partial charge on any atom is 0.0637 e. The molecule has 0 radical (unpaired) electrons. The predicted molar refractivity (Wildman–Crippen MR) is 68.8 cm³/mol. The number of rotatable bonds is 3. The van der Waals surface area contributed by atoms with Crippen LogP contribution in [-0.2, 0) is 0 Å². The fraction of sp³-hybridized carbons (Fsp3) is 0.615. The van der Waals surface area contributed by atoms with Gasteiger partial charge in [-0.15, -0.1) is 0 Å². The quantitative estimate of drug-likeness (QED) is 0.829. The van der Waals surface area contributed by atoms with Crippen LogP contribution in [0.5, 0.6) is 0 Å². The van der Waals surface area contributed by atoms with Gasteiger partial charge in [0.2, 0.25) is 0 Å². The van der Waals surface area contributed by atoms with Crippen LogP contribution in [0, 0.1) is 5.92 Å². The Hall–Kier alpha value is -1.13. The first-order chi connectivity index (χ1) is 8.13. The minimum absolute atomic E-state index is 0.0322. The topological polar surface area (TPSA) is 62.4 Å². The molecular weight excluding hydrogens is 214 g/mol. The van der Waals surface area contributed by atoms with Gasteiger partial charge in [0.1, 0.15) is 0 Å². The van der Waals surface area contributed by atoms with E-state index in [1.165, 1.54) is 0 Å². The van der Waals surface area contributed by atoms with Gasteiger partial charge in [0.25, 0.3) is 0 Å². The zero-order chi connectivity index (χ0) is 12.4. The molecule has 0 aliphatic carbocycles. The fourth-order valence-electron chi connectivity index (χ4n) is 2.44. The van der Waals surface area contributed by atoms with E-state index in [1.54, 1.807) is 0 Å². The van der Waals surface area contributed by atoms with Gasteiger partial charge in [-0.3, -0.25) is 4.98 Å². The Morgan fingerprint density at radius 3 is 2.88 bits per heavy atom. The van der Waals surface area contributed by atoms with E-state index in [9.17, 15) is 5.11 Å². The van der Waals surface area contributed by atoms with Crippen LogP contribution in [0.1, 0.15) is 32.0 Å². The van der Waals surface area contributed by atoms with Gasteiger partial charge in [-0.25, -0.2) is 0 Å². The molecule has 3 N–H and O–H groups in total. The Balaban J connectivity index is 2.17. The second-order valence-corrected chi connectivity index (χ2v) is 4.94. The highest BCUT2D eigenvalue weighted by Gasteiger charge is 2.30. The van der Waals surface area contributed by atoms with Gasteiger partial charge in [0.05, 0.1) is 30.2 Å². The molecular formula is C13H21N3O. The smallest absolute Gasteiger partial charge is 0.0637 e. The SMILES string of the molecule is CC1CCN(c2ccc([C@H](C)N)nc2)C1CO. The van der Waals surface area contributed by atoms with E-state index in [2.05, 4.69) is 16.8 Å². The summed E-state index contributed by atoms with van der Waals surface area (Å²) in [6, 6.07) is 4.21. The lowest BCUT2D eigenvalue weighted by molar-refractivity contribution is 0.244. The predicted octanol–water partition coefficient (Wildman–Crippen LogP) is 1.31. The van der Waals surface area contributed by atoms with Crippen molar-refractivity contribution in [3.05, 3.63) is 24.0 Å². The molecule has 1 fully saturated rings. The van der Waals surface area contributed by atoms with Gasteiger partial charge in [-0.05, 0) is 31.4 Å². The van der Waals surface area contributed by atoms with Gasteiger partial charge in [0, 0.05) is 12.6 Å². The Kier molecular flexibility index (Phi) is 3.64. The summed E-state index contributed by atoms with van der Waals surface area (Å²) in [4.78, 5) is 6.61. The second-order valence-electron chi connectivity index (χ2n) is 4.94. The highest BCUT2D eigenvalue weighted by molar-refractivity contribution is 5.47. The molecule has 1 aliphatic rings. The third kappa shape index (κ3) is 2.42. The number of anilines is 1. The molecule has 2 heterocycles. The molecule has 0 saturated carbocycles. The van der Waals surface area contributed by atoms with Crippen LogP contribution in [0.4, 0.5) is 5.69 Å². The van der Waals surface area contributed by atoms with Crippen molar-refractivity contribution in [2.24, 2.45) is 11.7 Å². The highest BCUT2D eigenvalue weighted by atomic mass is 16.3. The van der Waals surface area contributed by atoms with Crippen molar-refractivity contribution in [3.63, 3.8) is 0 Å². The van der Waals surface area contributed by atoms with Crippen LogP contribution in [0.3, 0.4) is 0 Å². The molecule has 1 aromatic rings. The summed E-state index contributed by atoms with van der Waals surface area (Å²) in [5, 5.41) is 9.43. The number of aliphatic hydroxyl groups is 1. The van der Waals surface area contributed by atoms with E-state index in [0.29, 0.717) is 5.92 Å². The third-order valence-electron chi connectivity index (χ3n) is 3.64. The summed E-state index contributed by atoms with van der Waals surface area (Å²) >= 11 is 0. The summed E-state index contributed by atoms with van der Waals surface area (Å²) in [5.41, 5.74) is 7.76. The highest BCUT2D eigenvalue weighted by Crippen LogP contribution is 2.29. The Labute approximate surface area is 102 Å². The van der Waals surface area contributed by atoms with Gasteiger partial charge in [-0.2, -0.15) is 0 Å². The van der Waals surface area contributed by atoms with Gasteiger partial charge in [-0.1, -0.05) is 6.92 Å². The zero-order valence-electron chi connectivity index (χ0n) is 10.5. The summed E-state index contributed by atoms with van der Waals surface area (Å²) in [6.45, 7) is 5.31. The lowest BCUT2D eigenvalue weighted by Gasteiger charge is -2.27. The Morgan fingerprint density at radius 2 is 2.35 bits per heavy atom. The number of aromatic nitrogens is 1. The number of pyridine rings is 1. The molecule has 0 aromatic carbocycles. The van der Waals surface area contributed by atoms with Gasteiger partial charge >= 0.3 is 0 Å². The minimum atomic E-state index is -0.0322. The van der Waals surface area contributed by atoms with Crippen molar-refractivity contribution in [1.29, 1.82) is 0 Å². The van der Waals surface area contributed by atoms with E-state index in [1.807, 2.05) is 25.3 Å². The number of nitrogens with zero attached hydrogens (tertiary/aromatic N) is 2. The number of hydrogen-bond acceptors (Lipinski definition) is 4. The molecule has 1 saturated heterocycles. The zero-order valence-corrected chi connectivity index (χ0v) is 10.5. The lowest BCUT2D eigenvalue weighted by atomic mass is 10.0. The average Bonchev–Trinajstić information content (AvgIpc) is 2.70. The minimum Gasteiger partial charge on any atom is -0.394 e. The van der Waals surface area contributed by atoms with Crippen molar-refractivity contribution >= 4 is 5.69 Å². The largest absolute Gasteiger partial charge is 0.394 e. The first-order valence-corrected chi connectivity index (χ1v) is 6.22. The standard InChI is InChI=1S/C13H21N3O/c1-9-5-6-16(13(9)8-17)11-3-4-12(10(2)14)15-7-11/h3-4,7,9-10,13,17H,5-6,8,14H2,1-2H3/t9?,10-,13?/m0/s1. The molecule has 2 rings (SSSR count). The van der Waals surface area contributed by atoms with Crippen molar-refractivity contribution < 1.29 is 5.11 Å². The molecule has 4 heteroatoms. The lowest BCUT2D eigenvalue weighted by Crippen LogP contribution is -2.35. The molecule has 4 nitrogen and oxygen atoms in total. The molecule has 3 atom stereocenters. The van der Waals surface area contributed by atoms with Crippen LogP contribution in [-0.4, -0.2) is 29.3 Å². The summed E-state index contributed by atoms with van der Waals surface area (Å²) in [6.07, 6.45) is 2.99. The van der Waals surface area contributed by atoms with Crippen LogP contribution >= 0.6 is 0 Å². The first kappa shape index (κ1) is 12.3. The van der Waals surface area contributed by atoms with E-state index < -0.39 is 0 Å². The Bertz CT molecular complexity index is 363. The maximum atomic E-state index is 9.43. The van der Waals surface area contributed by atoms with E-state index in [4.69, 9.17) is 5.73 Å². The summed E-state index contributed by atoms with van der Waals surface area (Å²) in [5.74, 6) is 0.535. The fourth-order valence-corrected chi connectivity index (χ4v) is 2.44. The molecule has 17 heavy (non-hydrogen) atoms. The molecule has 94 valence electrons. The number of nitrogens with two attached hydrogens (primary N) is 1. The van der Waals surface area contributed by atoms with E-state index >= 15 is 0 Å². The van der Waals surface area contributed by atoms with Gasteiger partial charge in [0.15, 0.2) is 0 Å². The Morgan fingerprint density at radius 1 is 1.59 bits per heavy atom. The van der Waals surface area contributed by atoms with Crippen LogP contribution in [0.15, 0.2) is 18.3 Å². The number of aliphatic hydroxyl groups excluding tert-OH is 1. The monoisotopic (exact) mass is 235 g/mol. The molecule has 1 aliphatic heterocycles. The molecule has 1 aromatic heterocycles. The number of hydrogen-bond donors (Lipinski definition) is 2. The molecule has 0 bridgehead atoms. The van der Waals surface area contributed by atoms with Gasteiger partial charge < -0.3 is 15.7 Å². The average molecular weight is 235 g/mol. The second kappa shape index (κ2) is 5.02. The summed E-state index contributed by atoms with van der Waals surface area (Å²) < 4.78 is 0. The third-order valence-corrected chi connectivity index (χ3v) is 3.64. The summed E-state index contributed by atoms with van der Waals surface area (Å²) in [7, 11) is 0. The van der Waals surface area contributed by atoms with Crippen molar-refractivity contribution in [1.82, 2.24) is 4.98 Å². The molecule has 2 unspecified atom stereocenters. The van der Waals surface area contributed by atoms with Crippen molar-refractivity contribution in [2.45, 2.75) is 32.4 Å². The molecule has 0 amide bonds. The van der Waals surface area contributed by atoms with Crippen LogP contribution in [0.2, 0.25) is 0 Å².